The summed E-state index contributed by atoms with van der Waals surface area (Å²) in [7, 11) is 1.79. The SMILES string of the molecule is Cc1nn(CCC(=O)NCc2c(Cl)cnn2C)c(C)c1Br. The van der Waals surface area contributed by atoms with Crippen molar-refractivity contribution in [3.63, 3.8) is 0 Å². The Balaban J connectivity index is 1.87. The zero-order valence-electron chi connectivity index (χ0n) is 12.2. The number of carbonyl (C=O) groups excluding carboxylic acids is 1. The highest BCUT2D eigenvalue weighted by atomic mass is 79.9. The van der Waals surface area contributed by atoms with Gasteiger partial charge in [-0.2, -0.15) is 10.2 Å². The van der Waals surface area contributed by atoms with E-state index >= 15 is 0 Å². The molecule has 21 heavy (non-hydrogen) atoms. The van der Waals surface area contributed by atoms with Crippen molar-refractivity contribution in [1.29, 1.82) is 0 Å². The topological polar surface area (TPSA) is 64.7 Å². The molecule has 0 aliphatic carbocycles. The molecule has 114 valence electrons. The summed E-state index contributed by atoms with van der Waals surface area (Å²) in [4.78, 5) is 11.9. The van der Waals surface area contributed by atoms with E-state index in [-0.39, 0.29) is 5.91 Å². The van der Waals surface area contributed by atoms with Crippen LogP contribution in [0.25, 0.3) is 0 Å². The highest BCUT2D eigenvalue weighted by Gasteiger charge is 2.11. The van der Waals surface area contributed by atoms with Crippen LogP contribution in [0.1, 0.15) is 23.5 Å². The summed E-state index contributed by atoms with van der Waals surface area (Å²) in [5, 5.41) is 11.8. The summed E-state index contributed by atoms with van der Waals surface area (Å²) < 4.78 is 4.47. The van der Waals surface area contributed by atoms with Gasteiger partial charge in [-0.3, -0.25) is 14.2 Å². The van der Waals surface area contributed by atoms with Gasteiger partial charge in [0.25, 0.3) is 0 Å². The smallest absolute Gasteiger partial charge is 0.222 e. The number of nitrogens with one attached hydrogen (secondary N) is 1. The molecule has 0 unspecified atom stereocenters. The molecule has 1 amide bonds. The van der Waals surface area contributed by atoms with Gasteiger partial charge in [0, 0.05) is 19.2 Å². The zero-order valence-corrected chi connectivity index (χ0v) is 14.5. The van der Waals surface area contributed by atoms with E-state index in [1.807, 2.05) is 18.5 Å². The average Bonchev–Trinajstić information content (AvgIpc) is 2.89. The summed E-state index contributed by atoms with van der Waals surface area (Å²) in [6, 6.07) is 0. The van der Waals surface area contributed by atoms with Crippen LogP contribution in [0, 0.1) is 13.8 Å². The molecule has 0 fully saturated rings. The van der Waals surface area contributed by atoms with Gasteiger partial charge in [-0.1, -0.05) is 11.6 Å². The van der Waals surface area contributed by atoms with Crippen molar-refractivity contribution in [1.82, 2.24) is 24.9 Å². The molecule has 0 spiro atoms. The number of aryl methyl sites for hydroxylation is 3. The Morgan fingerprint density at radius 1 is 1.48 bits per heavy atom. The van der Waals surface area contributed by atoms with E-state index in [2.05, 4.69) is 31.4 Å². The fraction of sp³-hybridized carbons (Fsp3) is 0.462. The number of rotatable bonds is 5. The molecule has 2 rings (SSSR count). The Hall–Kier alpha value is -1.34. The van der Waals surface area contributed by atoms with Crippen molar-refractivity contribution in [2.24, 2.45) is 7.05 Å². The van der Waals surface area contributed by atoms with Crippen LogP contribution in [-0.2, 0) is 24.9 Å². The maximum absolute atomic E-state index is 11.9. The second kappa shape index (κ2) is 6.62. The molecule has 6 nitrogen and oxygen atoms in total. The van der Waals surface area contributed by atoms with Gasteiger partial charge in [-0.05, 0) is 29.8 Å². The van der Waals surface area contributed by atoms with E-state index in [0.29, 0.717) is 24.5 Å². The molecule has 0 saturated carbocycles. The molecule has 0 aliphatic heterocycles. The van der Waals surface area contributed by atoms with Crippen LogP contribution in [-0.4, -0.2) is 25.5 Å². The number of hydrogen-bond acceptors (Lipinski definition) is 3. The van der Waals surface area contributed by atoms with Crippen LogP contribution in [0.3, 0.4) is 0 Å². The molecule has 2 aromatic rings. The summed E-state index contributed by atoms with van der Waals surface area (Å²) in [5.41, 5.74) is 2.74. The second-order valence-electron chi connectivity index (χ2n) is 4.80. The maximum atomic E-state index is 11.9. The molecule has 0 radical (unpaired) electrons. The predicted octanol–water partition coefficient (Wildman–Crippen LogP) is 2.36. The normalized spacial score (nSPS) is 10.9. The first-order chi connectivity index (χ1) is 9.90. The summed E-state index contributed by atoms with van der Waals surface area (Å²) in [6.07, 6.45) is 1.93. The van der Waals surface area contributed by atoms with E-state index in [4.69, 9.17) is 11.6 Å². The van der Waals surface area contributed by atoms with Crippen molar-refractivity contribution in [3.05, 3.63) is 32.8 Å². The Kier molecular flexibility index (Phi) is 5.05. The maximum Gasteiger partial charge on any atom is 0.222 e. The van der Waals surface area contributed by atoms with Gasteiger partial charge >= 0.3 is 0 Å². The molecule has 8 heteroatoms. The van der Waals surface area contributed by atoms with Crippen LogP contribution in [0.15, 0.2) is 10.7 Å². The van der Waals surface area contributed by atoms with Crippen LogP contribution < -0.4 is 5.32 Å². The van der Waals surface area contributed by atoms with Gasteiger partial charge in [-0.25, -0.2) is 0 Å². The van der Waals surface area contributed by atoms with E-state index < -0.39 is 0 Å². The molecular weight excluding hydrogens is 358 g/mol. The number of halogens is 2. The fourth-order valence-corrected chi connectivity index (χ4v) is 2.52. The Morgan fingerprint density at radius 2 is 2.19 bits per heavy atom. The lowest BCUT2D eigenvalue weighted by Gasteiger charge is -2.07. The van der Waals surface area contributed by atoms with Crippen LogP contribution in [0.5, 0.6) is 0 Å². The summed E-state index contributed by atoms with van der Waals surface area (Å²) >= 11 is 9.46. The third-order valence-corrected chi connectivity index (χ3v) is 4.77. The van der Waals surface area contributed by atoms with Gasteiger partial charge in [0.05, 0.1) is 40.2 Å². The van der Waals surface area contributed by atoms with Crippen molar-refractivity contribution >= 4 is 33.4 Å². The van der Waals surface area contributed by atoms with Gasteiger partial charge in [0.15, 0.2) is 0 Å². The van der Waals surface area contributed by atoms with Crippen molar-refractivity contribution in [3.8, 4) is 0 Å². The van der Waals surface area contributed by atoms with Crippen molar-refractivity contribution in [2.45, 2.75) is 33.4 Å². The molecule has 0 aromatic carbocycles. The lowest BCUT2D eigenvalue weighted by molar-refractivity contribution is -0.121. The minimum atomic E-state index is -0.0454. The predicted molar refractivity (Wildman–Crippen MR) is 84.1 cm³/mol. The molecular formula is C13H17BrClN5O. The van der Waals surface area contributed by atoms with E-state index in [1.165, 1.54) is 0 Å². The Bertz CT molecular complexity index is 644. The summed E-state index contributed by atoms with van der Waals surface area (Å²) in [6.45, 7) is 4.81. The number of hydrogen-bond donors (Lipinski definition) is 1. The molecule has 2 aromatic heterocycles. The standard InChI is InChI=1S/C13H17BrClN5O/c1-8-13(14)9(2)20(18-8)5-4-12(21)16-7-11-10(15)6-17-19(11)3/h6H,4-5,7H2,1-3H3,(H,16,21). The minimum absolute atomic E-state index is 0.0454. The Labute approximate surface area is 136 Å². The second-order valence-corrected chi connectivity index (χ2v) is 6.00. The molecule has 0 saturated heterocycles. The van der Waals surface area contributed by atoms with Crippen molar-refractivity contribution < 1.29 is 4.79 Å². The van der Waals surface area contributed by atoms with Crippen molar-refractivity contribution in [2.75, 3.05) is 0 Å². The first-order valence-corrected chi connectivity index (χ1v) is 7.69. The highest BCUT2D eigenvalue weighted by Crippen LogP contribution is 2.19. The third-order valence-electron chi connectivity index (χ3n) is 3.31. The van der Waals surface area contributed by atoms with E-state index in [1.54, 1.807) is 17.9 Å². The number of nitrogens with zero attached hydrogens (tertiary/aromatic N) is 4. The molecule has 0 aliphatic rings. The molecule has 0 atom stereocenters. The lowest BCUT2D eigenvalue weighted by atomic mass is 10.3. The highest BCUT2D eigenvalue weighted by molar-refractivity contribution is 9.10. The Morgan fingerprint density at radius 3 is 2.71 bits per heavy atom. The fourth-order valence-electron chi connectivity index (χ4n) is 2.01. The lowest BCUT2D eigenvalue weighted by Crippen LogP contribution is -2.25. The first-order valence-electron chi connectivity index (χ1n) is 6.52. The third kappa shape index (κ3) is 3.65. The van der Waals surface area contributed by atoms with Gasteiger partial charge < -0.3 is 5.32 Å². The van der Waals surface area contributed by atoms with Crippen LogP contribution in [0.2, 0.25) is 5.02 Å². The molecule has 1 N–H and O–H groups in total. The minimum Gasteiger partial charge on any atom is -0.350 e. The largest absolute Gasteiger partial charge is 0.350 e. The molecule has 0 bridgehead atoms. The number of carbonyl (C=O) groups is 1. The van der Waals surface area contributed by atoms with Crippen LogP contribution >= 0.6 is 27.5 Å². The average molecular weight is 375 g/mol. The monoisotopic (exact) mass is 373 g/mol. The van der Waals surface area contributed by atoms with Gasteiger partial charge in [-0.15, -0.1) is 0 Å². The first kappa shape index (κ1) is 16.0. The number of amides is 1. The van der Waals surface area contributed by atoms with Gasteiger partial charge in [0.1, 0.15) is 0 Å². The zero-order chi connectivity index (χ0) is 15.6. The van der Waals surface area contributed by atoms with E-state index in [9.17, 15) is 4.79 Å². The quantitative estimate of drug-likeness (QED) is 0.874. The van der Waals surface area contributed by atoms with Gasteiger partial charge in [0.2, 0.25) is 5.91 Å². The number of aromatic nitrogens is 4. The van der Waals surface area contributed by atoms with E-state index in [0.717, 1.165) is 21.6 Å². The summed E-state index contributed by atoms with van der Waals surface area (Å²) in [5.74, 6) is -0.0454. The van der Waals surface area contributed by atoms with Crippen LogP contribution in [0.4, 0.5) is 0 Å². The molecule has 2 heterocycles.